The van der Waals surface area contributed by atoms with Gasteiger partial charge in [-0.1, -0.05) is 22.0 Å². The Hall–Kier alpha value is -0.850. The molecule has 16 heavy (non-hydrogen) atoms. The molecular formula is C10H13BrN2O2S. The van der Waals surface area contributed by atoms with Crippen molar-refractivity contribution in [2.45, 2.75) is 11.3 Å². The largest absolute Gasteiger partial charge is 0.398 e. The Morgan fingerprint density at radius 3 is 2.81 bits per heavy atom. The minimum Gasteiger partial charge on any atom is -0.398 e. The van der Waals surface area contributed by atoms with Crippen molar-refractivity contribution in [2.24, 2.45) is 0 Å². The molecule has 0 heterocycles. The molecule has 4 nitrogen and oxygen atoms in total. The van der Waals surface area contributed by atoms with Crippen molar-refractivity contribution in [2.75, 3.05) is 12.3 Å². The van der Waals surface area contributed by atoms with Gasteiger partial charge in [-0.3, -0.25) is 0 Å². The lowest BCUT2D eigenvalue weighted by molar-refractivity contribution is 0.582. The molecule has 1 aromatic carbocycles. The summed E-state index contributed by atoms with van der Waals surface area (Å²) >= 11 is 3.21. The van der Waals surface area contributed by atoms with E-state index >= 15 is 0 Å². The van der Waals surface area contributed by atoms with Gasteiger partial charge in [0.25, 0.3) is 0 Å². The first-order valence-corrected chi connectivity index (χ1v) is 6.90. The van der Waals surface area contributed by atoms with Crippen LogP contribution >= 0.6 is 15.9 Å². The zero-order valence-corrected chi connectivity index (χ0v) is 11.0. The molecule has 0 aromatic heterocycles. The average Bonchev–Trinajstić information content (AvgIpc) is 2.22. The molecule has 3 N–H and O–H groups in total. The number of nitrogens with one attached hydrogen (secondary N) is 1. The highest BCUT2D eigenvalue weighted by atomic mass is 79.9. The third kappa shape index (κ3) is 3.33. The molecule has 0 fully saturated rings. The highest BCUT2D eigenvalue weighted by Gasteiger charge is 2.16. The number of sulfonamides is 1. The highest BCUT2D eigenvalue weighted by Crippen LogP contribution is 2.22. The van der Waals surface area contributed by atoms with Crippen molar-refractivity contribution in [3.8, 4) is 0 Å². The van der Waals surface area contributed by atoms with Crippen LogP contribution in [0.4, 0.5) is 5.69 Å². The molecule has 0 aliphatic rings. The summed E-state index contributed by atoms with van der Waals surface area (Å²) in [4.78, 5) is 0.0888. The van der Waals surface area contributed by atoms with Gasteiger partial charge in [-0.25, -0.2) is 13.1 Å². The van der Waals surface area contributed by atoms with Crippen molar-refractivity contribution in [1.82, 2.24) is 4.72 Å². The number of halogens is 1. The van der Waals surface area contributed by atoms with E-state index in [1.807, 2.05) is 0 Å². The Labute approximate surface area is 104 Å². The van der Waals surface area contributed by atoms with Gasteiger partial charge in [-0.2, -0.15) is 0 Å². The molecule has 0 radical (unpaired) electrons. The van der Waals surface area contributed by atoms with Gasteiger partial charge in [0.2, 0.25) is 10.0 Å². The molecule has 0 spiro atoms. The van der Waals surface area contributed by atoms with E-state index in [9.17, 15) is 8.42 Å². The summed E-state index contributed by atoms with van der Waals surface area (Å²) < 4.78 is 26.8. The number of nitrogen functional groups attached to an aromatic ring is 1. The Morgan fingerprint density at radius 1 is 1.50 bits per heavy atom. The number of nitrogens with two attached hydrogens (primary N) is 1. The van der Waals surface area contributed by atoms with Crippen molar-refractivity contribution < 1.29 is 8.42 Å². The van der Waals surface area contributed by atoms with E-state index in [1.54, 1.807) is 18.2 Å². The van der Waals surface area contributed by atoms with Gasteiger partial charge in [0, 0.05) is 11.0 Å². The van der Waals surface area contributed by atoms with E-state index in [0.29, 0.717) is 17.4 Å². The molecule has 0 amide bonds. The fraction of sp³-hybridized carbons (Fsp3) is 0.200. The fourth-order valence-electron chi connectivity index (χ4n) is 1.11. The maximum Gasteiger partial charge on any atom is 0.242 e. The van der Waals surface area contributed by atoms with Gasteiger partial charge in [0.05, 0.1) is 5.69 Å². The van der Waals surface area contributed by atoms with Gasteiger partial charge in [0.15, 0.2) is 0 Å². The zero-order chi connectivity index (χ0) is 12.2. The van der Waals surface area contributed by atoms with Crippen LogP contribution in [-0.4, -0.2) is 15.0 Å². The number of hydrogen-bond donors (Lipinski definition) is 2. The SMILES string of the molecule is C=CCCNS(=O)(=O)c1cc(Br)ccc1N. The lowest BCUT2D eigenvalue weighted by Crippen LogP contribution is -2.25. The van der Waals surface area contributed by atoms with Crippen molar-refractivity contribution in [1.29, 1.82) is 0 Å². The molecule has 0 atom stereocenters. The van der Waals surface area contributed by atoms with Crippen LogP contribution in [0, 0.1) is 0 Å². The van der Waals surface area contributed by atoms with Crippen LogP contribution < -0.4 is 10.5 Å². The van der Waals surface area contributed by atoms with E-state index in [4.69, 9.17) is 5.73 Å². The third-order valence-electron chi connectivity index (χ3n) is 1.91. The molecule has 0 saturated heterocycles. The molecule has 0 aliphatic heterocycles. The Balaban J connectivity index is 2.97. The molecular weight excluding hydrogens is 292 g/mol. The van der Waals surface area contributed by atoms with Crippen molar-refractivity contribution >= 4 is 31.6 Å². The number of rotatable bonds is 5. The molecule has 88 valence electrons. The molecule has 0 unspecified atom stereocenters. The number of hydrogen-bond acceptors (Lipinski definition) is 3. The second-order valence-corrected chi connectivity index (χ2v) is 5.81. The summed E-state index contributed by atoms with van der Waals surface area (Å²) in [5.74, 6) is 0. The van der Waals surface area contributed by atoms with Crippen LogP contribution in [0.3, 0.4) is 0 Å². The quantitative estimate of drug-likeness (QED) is 0.496. The standard InChI is InChI=1S/C10H13BrN2O2S/c1-2-3-6-13-16(14,15)10-7-8(11)4-5-9(10)12/h2,4-5,7,13H,1,3,6,12H2. The van der Waals surface area contributed by atoms with Gasteiger partial charge >= 0.3 is 0 Å². The average molecular weight is 305 g/mol. The lowest BCUT2D eigenvalue weighted by atomic mass is 10.3. The smallest absolute Gasteiger partial charge is 0.242 e. The summed E-state index contributed by atoms with van der Waals surface area (Å²) in [6.07, 6.45) is 2.22. The summed E-state index contributed by atoms with van der Waals surface area (Å²) in [5, 5.41) is 0. The summed E-state index contributed by atoms with van der Waals surface area (Å²) in [7, 11) is -3.54. The van der Waals surface area contributed by atoms with Crippen LogP contribution in [0.15, 0.2) is 40.2 Å². The maximum atomic E-state index is 11.8. The van der Waals surface area contributed by atoms with Crippen LogP contribution in [-0.2, 0) is 10.0 Å². The molecule has 0 saturated carbocycles. The van der Waals surface area contributed by atoms with E-state index < -0.39 is 10.0 Å². The van der Waals surface area contributed by atoms with E-state index in [0.717, 1.165) is 0 Å². The van der Waals surface area contributed by atoms with Gasteiger partial charge in [-0.05, 0) is 24.6 Å². The second kappa shape index (κ2) is 5.47. The van der Waals surface area contributed by atoms with Crippen LogP contribution in [0.25, 0.3) is 0 Å². The second-order valence-electron chi connectivity index (χ2n) is 3.16. The normalized spacial score (nSPS) is 11.3. The molecule has 1 rings (SSSR count). The monoisotopic (exact) mass is 304 g/mol. The predicted molar refractivity (Wildman–Crippen MR) is 68.6 cm³/mol. The minimum absolute atomic E-state index is 0.0888. The zero-order valence-electron chi connectivity index (χ0n) is 8.61. The first kappa shape index (κ1) is 13.2. The molecule has 6 heteroatoms. The van der Waals surface area contributed by atoms with E-state index in [1.165, 1.54) is 6.07 Å². The highest BCUT2D eigenvalue weighted by molar-refractivity contribution is 9.10. The summed E-state index contributed by atoms with van der Waals surface area (Å²) in [6.45, 7) is 3.83. The molecule has 0 aliphatic carbocycles. The third-order valence-corrected chi connectivity index (χ3v) is 3.92. The van der Waals surface area contributed by atoms with Gasteiger partial charge in [0.1, 0.15) is 4.90 Å². The fourth-order valence-corrected chi connectivity index (χ4v) is 2.83. The van der Waals surface area contributed by atoms with Gasteiger partial charge in [-0.15, -0.1) is 6.58 Å². The number of benzene rings is 1. The van der Waals surface area contributed by atoms with Crippen LogP contribution in [0.2, 0.25) is 0 Å². The molecule has 0 bridgehead atoms. The molecule has 1 aromatic rings. The predicted octanol–water partition coefficient (Wildman–Crippen LogP) is 1.89. The van der Waals surface area contributed by atoms with Crippen molar-refractivity contribution in [3.63, 3.8) is 0 Å². The van der Waals surface area contributed by atoms with Crippen molar-refractivity contribution in [3.05, 3.63) is 35.3 Å². The van der Waals surface area contributed by atoms with E-state index in [2.05, 4.69) is 27.2 Å². The first-order chi connectivity index (χ1) is 7.47. The van der Waals surface area contributed by atoms with Gasteiger partial charge < -0.3 is 5.73 Å². The Morgan fingerprint density at radius 2 is 2.19 bits per heavy atom. The van der Waals surface area contributed by atoms with Crippen LogP contribution in [0.1, 0.15) is 6.42 Å². The van der Waals surface area contributed by atoms with Crippen LogP contribution in [0.5, 0.6) is 0 Å². The minimum atomic E-state index is -3.54. The number of anilines is 1. The maximum absolute atomic E-state index is 11.8. The Bertz CT molecular complexity index is 486. The summed E-state index contributed by atoms with van der Waals surface area (Å²) in [5.41, 5.74) is 5.85. The van der Waals surface area contributed by atoms with E-state index in [-0.39, 0.29) is 10.6 Å². The topological polar surface area (TPSA) is 72.2 Å². The Kier molecular flexibility index (Phi) is 4.52. The summed E-state index contributed by atoms with van der Waals surface area (Å²) in [6, 6.07) is 4.72. The first-order valence-electron chi connectivity index (χ1n) is 4.63. The lowest BCUT2D eigenvalue weighted by Gasteiger charge is -2.08.